The molecule has 9 heteroatoms. The number of hydrogen-bond donors (Lipinski definition) is 0. The van der Waals surface area contributed by atoms with Crippen molar-refractivity contribution in [3.63, 3.8) is 0 Å². The van der Waals surface area contributed by atoms with Gasteiger partial charge < -0.3 is 9.64 Å². The van der Waals surface area contributed by atoms with Crippen LogP contribution in [0.1, 0.15) is 44.5 Å². The number of benzene rings is 1. The van der Waals surface area contributed by atoms with Gasteiger partial charge in [-0.15, -0.1) is 17.5 Å². The third kappa shape index (κ3) is 5.24. The molecule has 0 amide bonds. The molecule has 2 atom stereocenters. The highest BCUT2D eigenvalue weighted by Gasteiger charge is 2.29. The van der Waals surface area contributed by atoms with Crippen LogP contribution in [0.4, 0.5) is 10.1 Å². The highest BCUT2D eigenvalue weighted by Crippen LogP contribution is 2.27. The van der Waals surface area contributed by atoms with E-state index in [9.17, 15) is 4.39 Å². The summed E-state index contributed by atoms with van der Waals surface area (Å²) in [4.78, 5) is 4.80. The van der Waals surface area contributed by atoms with Crippen molar-refractivity contribution in [1.82, 2.24) is 25.1 Å². The number of hydrogen-bond acceptors (Lipinski definition) is 6. The lowest BCUT2D eigenvalue weighted by Crippen LogP contribution is -2.48. The maximum absolute atomic E-state index is 13.2. The molecule has 3 heterocycles. The Morgan fingerprint density at radius 3 is 2.59 bits per heavy atom. The minimum absolute atomic E-state index is 0. The number of halogens is 2. The first-order valence-corrected chi connectivity index (χ1v) is 10.4. The summed E-state index contributed by atoms with van der Waals surface area (Å²) in [6.07, 6.45) is 4.53. The number of rotatable bonds is 7. The van der Waals surface area contributed by atoms with Gasteiger partial charge in [-0.3, -0.25) is 4.90 Å². The quantitative estimate of drug-likeness (QED) is 0.680. The van der Waals surface area contributed by atoms with Crippen LogP contribution in [0.5, 0.6) is 0 Å². The largest absolute Gasteiger partial charge is 0.376 e. The Balaban J connectivity index is 0.00000240. The van der Waals surface area contributed by atoms with Gasteiger partial charge in [-0.05, 0) is 54.0 Å². The summed E-state index contributed by atoms with van der Waals surface area (Å²) >= 11 is 0. The smallest absolute Gasteiger partial charge is 0.168 e. The standard InChI is InChI=1S/C20H29FN6O.ClH/c1-2-4-19(20-22-23-24-27(20)15-18-5-3-14-28-18)26-12-10-25(11-13-26)17-8-6-16(21)7-9-17;/h6-9,18-19H,2-5,10-15H2,1H3;1H. The van der Waals surface area contributed by atoms with Crippen molar-refractivity contribution in [3.8, 4) is 0 Å². The molecule has 1 aromatic heterocycles. The summed E-state index contributed by atoms with van der Waals surface area (Å²) in [6.45, 7) is 7.49. The molecule has 1 aromatic carbocycles. The van der Waals surface area contributed by atoms with Crippen molar-refractivity contribution in [3.05, 3.63) is 35.9 Å². The second-order valence-electron chi connectivity index (χ2n) is 7.66. The van der Waals surface area contributed by atoms with Crippen LogP contribution < -0.4 is 4.90 Å². The second-order valence-corrected chi connectivity index (χ2v) is 7.66. The Bertz CT molecular complexity index is 744. The average Bonchev–Trinajstić information content (AvgIpc) is 3.40. The van der Waals surface area contributed by atoms with E-state index < -0.39 is 0 Å². The molecule has 2 aliphatic heterocycles. The zero-order valence-electron chi connectivity index (χ0n) is 16.9. The van der Waals surface area contributed by atoms with Crippen LogP contribution in [0, 0.1) is 5.82 Å². The molecule has 2 saturated heterocycles. The van der Waals surface area contributed by atoms with E-state index in [1.807, 2.05) is 16.8 Å². The first-order valence-electron chi connectivity index (χ1n) is 10.4. The third-order valence-corrected chi connectivity index (χ3v) is 5.77. The van der Waals surface area contributed by atoms with Crippen LogP contribution in [-0.2, 0) is 11.3 Å². The van der Waals surface area contributed by atoms with Crippen molar-refractivity contribution in [2.75, 3.05) is 37.7 Å². The van der Waals surface area contributed by atoms with Gasteiger partial charge in [0.15, 0.2) is 5.82 Å². The van der Waals surface area contributed by atoms with Crippen molar-refractivity contribution >= 4 is 18.1 Å². The summed E-state index contributed by atoms with van der Waals surface area (Å²) in [5, 5.41) is 12.6. The Morgan fingerprint density at radius 2 is 1.93 bits per heavy atom. The van der Waals surface area contributed by atoms with E-state index in [1.54, 1.807) is 0 Å². The molecule has 29 heavy (non-hydrogen) atoms. The van der Waals surface area contributed by atoms with Gasteiger partial charge in [-0.25, -0.2) is 9.07 Å². The molecule has 2 aromatic rings. The van der Waals surface area contributed by atoms with E-state index in [0.717, 1.165) is 76.5 Å². The van der Waals surface area contributed by atoms with Crippen LogP contribution in [0.3, 0.4) is 0 Å². The predicted octanol–water partition coefficient (Wildman–Crippen LogP) is 3.08. The van der Waals surface area contributed by atoms with Gasteiger partial charge in [0, 0.05) is 38.5 Å². The molecule has 4 rings (SSSR count). The molecule has 0 spiro atoms. The molecule has 7 nitrogen and oxygen atoms in total. The van der Waals surface area contributed by atoms with Gasteiger partial charge in [0.1, 0.15) is 5.82 Å². The van der Waals surface area contributed by atoms with Crippen LogP contribution in [0.15, 0.2) is 24.3 Å². The molecule has 0 aliphatic carbocycles. The molecule has 2 unspecified atom stereocenters. The van der Waals surface area contributed by atoms with Gasteiger partial charge in [0.05, 0.1) is 18.7 Å². The van der Waals surface area contributed by atoms with Gasteiger partial charge in [-0.2, -0.15) is 0 Å². The van der Waals surface area contributed by atoms with Crippen LogP contribution >= 0.6 is 12.4 Å². The number of nitrogens with zero attached hydrogens (tertiary/aromatic N) is 6. The zero-order chi connectivity index (χ0) is 19.3. The van der Waals surface area contributed by atoms with Crippen molar-refractivity contribution in [2.45, 2.75) is 51.3 Å². The topological polar surface area (TPSA) is 59.3 Å². The van der Waals surface area contributed by atoms with Gasteiger partial charge in [0.25, 0.3) is 0 Å². The maximum atomic E-state index is 13.2. The summed E-state index contributed by atoms with van der Waals surface area (Å²) in [7, 11) is 0. The Kier molecular flexibility index (Phi) is 7.80. The zero-order valence-corrected chi connectivity index (χ0v) is 17.7. The third-order valence-electron chi connectivity index (χ3n) is 5.77. The lowest BCUT2D eigenvalue weighted by molar-refractivity contribution is 0.0891. The number of aromatic nitrogens is 4. The highest BCUT2D eigenvalue weighted by atomic mass is 35.5. The van der Waals surface area contributed by atoms with Crippen molar-refractivity contribution < 1.29 is 9.13 Å². The summed E-state index contributed by atoms with van der Waals surface area (Å²) in [5.41, 5.74) is 1.08. The Hall–Kier alpha value is -1.77. The van der Waals surface area contributed by atoms with Crippen LogP contribution in [0.25, 0.3) is 0 Å². The fourth-order valence-corrected chi connectivity index (χ4v) is 4.25. The van der Waals surface area contributed by atoms with E-state index in [-0.39, 0.29) is 30.4 Å². The van der Waals surface area contributed by atoms with Gasteiger partial charge in [0.2, 0.25) is 0 Å². The molecule has 2 aliphatic rings. The van der Waals surface area contributed by atoms with E-state index in [1.165, 1.54) is 12.1 Å². The lowest BCUT2D eigenvalue weighted by atomic mass is 10.1. The van der Waals surface area contributed by atoms with Crippen LogP contribution in [0.2, 0.25) is 0 Å². The Morgan fingerprint density at radius 1 is 1.17 bits per heavy atom. The van der Waals surface area contributed by atoms with Gasteiger partial charge in [-0.1, -0.05) is 13.3 Å². The fourth-order valence-electron chi connectivity index (χ4n) is 4.25. The van der Waals surface area contributed by atoms with Crippen molar-refractivity contribution in [2.24, 2.45) is 0 Å². The van der Waals surface area contributed by atoms with E-state index in [2.05, 4.69) is 32.2 Å². The highest BCUT2D eigenvalue weighted by molar-refractivity contribution is 5.85. The first kappa shape index (κ1) is 21.9. The number of ether oxygens (including phenoxy) is 1. The molecular formula is C20H30ClFN6O. The van der Waals surface area contributed by atoms with Crippen molar-refractivity contribution in [1.29, 1.82) is 0 Å². The molecule has 160 valence electrons. The minimum Gasteiger partial charge on any atom is -0.376 e. The van der Waals surface area contributed by atoms with E-state index in [4.69, 9.17) is 4.74 Å². The summed E-state index contributed by atoms with van der Waals surface area (Å²) in [6, 6.07) is 6.99. The monoisotopic (exact) mass is 424 g/mol. The second kappa shape index (κ2) is 10.3. The maximum Gasteiger partial charge on any atom is 0.168 e. The molecule has 0 saturated carbocycles. The number of anilines is 1. The lowest BCUT2D eigenvalue weighted by Gasteiger charge is -2.39. The number of tetrazole rings is 1. The average molecular weight is 425 g/mol. The molecular weight excluding hydrogens is 395 g/mol. The van der Waals surface area contributed by atoms with Gasteiger partial charge >= 0.3 is 0 Å². The van der Waals surface area contributed by atoms with E-state index >= 15 is 0 Å². The molecule has 0 N–H and O–H groups in total. The molecule has 0 bridgehead atoms. The fraction of sp³-hybridized carbons (Fsp3) is 0.650. The Labute approximate surface area is 177 Å². The summed E-state index contributed by atoms with van der Waals surface area (Å²) < 4.78 is 20.9. The molecule has 0 radical (unpaired) electrons. The normalized spacial score (nSPS) is 21.2. The molecule has 2 fully saturated rings. The minimum atomic E-state index is -0.191. The SMILES string of the molecule is CCCC(c1nnnn1CC1CCCO1)N1CCN(c2ccc(F)cc2)CC1.Cl. The first-order chi connectivity index (χ1) is 13.7. The van der Waals surface area contributed by atoms with Crippen LogP contribution in [-0.4, -0.2) is 64.0 Å². The predicted molar refractivity (Wildman–Crippen MR) is 112 cm³/mol. The van der Waals surface area contributed by atoms with E-state index in [0.29, 0.717) is 0 Å². The number of piperazine rings is 1. The summed E-state index contributed by atoms with van der Waals surface area (Å²) in [5.74, 6) is 0.760.